The third-order valence-corrected chi connectivity index (χ3v) is 3.18. The second-order valence-corrected chi connectivity index (χ2v) is 4.82. The van der Waals surface area contributed by atoms with Gasteiger partial charge >= 0.3 is 0 Å². The van der Waals surface area contributed by atoms with Crippen molar-refractivity contribution in [1.82, 2.24) is 4.98 Å². The van der Waals surface area contributed by atoms with E-state index in [9.17, 15) is 4.79 Å². The van der Waals surface area contributed by atoms with Crippen LogP contribution in [-0.4, -0.2) is 17.5 Å². The predicted octanol–water partition coefficient (Wildman–Crippen LogP) is 2.81. The second-order valence-electron chi connectivity index (χ2n) is 3.96. The van der Waals surface area contributed by atoms with E-state index in [1.807, 2.05) is 36.4 Å². The lowest BCUT2D eigenvalue weighted by Crippen LogP contribution is -2.12. The topological polar surface area (TPSA) is 75.0 Å². The molecule has 0 bridgehead atoms. The summed E-state index contributed by atoms with van der Waals surface area (Å²) in [5.74, 6) is 0.673. The van der Waals surface area contributed by atoms with Gasteiger partial charge in [-0.05, 0) is 18.6 Å². The average Bonchev–Trinajstić information content (AvgIpc) is 2.92. The summed E-state index contributed by atoms with van der Waals surface area (Å²) in [7, 11) is 0. The third kappa shape index (κ3) is 4.37. The first kappa shape index (κ1) is 14.0. The Hall–Kier alpha value is -2.39. The van der Waals surface area contributed by atoms with Crippen molar-refractivity contribution in [1.29, 1.82) is 5.26 Å². The summed E-state index contributed by atoms with van der Waals surface area (Å²) in [5.41, 5.74) is 0.317. The molecule has 0 saturated carbocycles. The van der Waals surface area contributed by atoms with Crippen LogP contribution >= 0.6 is 11.3 Å². The summed E-state index contributed by atoms with van der Waals surface area (Å²) >= 11 is 1.24. The van der Waals surface area contributed by atoms with Crippen LogP contribution in [0.5, 0.6) is 5.75 Å². The minimum atomic E-state index is -0.125. The Kier molecular flexibility index (Phi) is 5.09. The maximum absolute atomic E-state index is 11.6. The van der Waals surface area contributed by atoms with E-state index in [0.29, 0.717) is 30.3 Å². The first-order chi connectivity index (χ1) is 9.78. The molecule has 0 atom stereocenters. The van der Waals surface area contributed by atoms with Crippen LogP contribution in [-0.2, 0) is 4.79 Å². The van der Waals surface area contributed by atoms with Crippen molar-refractivity contribution >= 4 is 22.4 Å². The van der Waals surface area contributed by atoms with Gasteiger partial charge in [0.05, 0.1) is 6.61 Å². The van der Waals surface area contributed by atoms with Gasteiger partial charge in [0.1, 0.15) is 11.8 Å². The van der Waals surface area contributed by atoms with Gasteiger partial charge in [0.25, 0.3) is 0 Å². The molecule has 20 heavy (non-hydrogen) atoms. The fraction of sp³-hybridized carbons (Fsp3) is 0.214. The zero-order valence-corrected chi connectivity index (χ0v) is 11.5. The van der Waals surface area contributed by atoms with Crippen molar-refractivity contribution in [2.75, 3.05) is 11.9 Å². The van der Waals surface area contributed by atoms with Crippen molar-refractivity contribution in [3.05, 3.63) is 41.4 Å². The van der Waals surface area contributed by atoms with Crippen molar-refractivity contribution < 1.29 is 9.53 Å². The van der Waals surface area contributed by atoms with E-state index in [4.69, 9.17) is 10.00 Å². The number of hydrogen-bond donors (Lipinski definition) is 1. The molecular formula is C14H13N3O2S. The molecule has 0 aliphatic carbocycles. The summed E-state index contributed by atoms with van der Waals surface area (Å²) < 4.78 is 5.49. The van der Waals surface area contributed by atoms with Gasteiger partial charge in [-0.2, -0.15) is 5.26 Å². The number of hydrogen-bond acceptors (Lipinski definition) is 5. The minimum Gasteiger partial charge on any atom is -0.494 e. The Labute approximate surface area is 120 Å². The highest BCUT2D eigenvalue weighted by Gasteiger charge is 2.06. The molecule has 0 aliphatic rings. The molecule has 1 amide bonds. The molecule has 2 rings (SSSR count). The zero-order valence-electron chi connectivity index (χ0n) is 10.7. The van der Waals surface area contributed by atoms with Gasteiger partial charge in [-0.15, -0.1) is 11.3 Å². The Bertz CT molecular complexity index is 604. The molecule has 1 N–H and O–H groups in total. The monoisotopic (exact) mass is 287 g/mol. The lowest BCUT2D eigenvalue weighted by Gasteiger charge is -2.05. The van der Waals surface area contributed by atoms with Crippen LogP contribution < -0.4 is 10.1 Å². The number of amides is 1. The molecule has 0 radical (unpaired) electrons. The molecule has 0 fully saturated rings. The number of nitrogens with zero attached hydrogens (tertiary/aromatic N) is 2. The smallest absolute Gasteiger partial charge is 0.226 e. The molecule has 0 aliphatic heterocycles. The number of carbonyl (C=O) groups excluding carboxylic acids is 1. The summed E-state index contributed by atoms with van der Waals surface area (Å²) in [6.45, 7) is 0.485. The first-order valence-electron chi connectivity index (χ1n) is 6.11. The Morgan fingerprint density at radius 1 is 1.40 bits per heavy atom. The standard InChI is InChI=1S/C14H13N3O2S/c15-9-11-10-20-14(16-11)17-13(18)7-4-8-19-12-5-2-1-3-6-12/h1-3,5-6,10H,4,7-8H2,(H,16,17,18). The predicted molar refractivity (Wildman–Crippen MR) is 76.6 cm³/mol. The number of nitrogens with one attached hydrogen (secondary N) is 1. The normalized spacial score (nSPS) is 9.75. The van der Waals surface area contributed by atoms with E-state index < -0.39 is 0 Å². The quantitative estimate of drug-likeness (QED) is 0.829. The number of thiazole rings is 1. The molecule has 0 unspecified atom stereocenters. The molecule has 0 spiro atoms. The summed E-state index contributed by atoms with van der Waals surface area (Å²) in [5, 5.41) is 13.3. The number of carbonyl (C=O) groups is 1. The number of benzene rings is 1. The van der Waals surface area contributed by atoms with Crippen LogP contribution in [0.2, 0.25) is 0 Å². The van der Waals surface area contributed by atoms with Gasteiger partial charge in [-0.3, -0.25) is 4.79 Å². The van der Waals surface area contributed by atoms with E-state index in [1.165, 1.54) is 11.3 Å². The number of nitriles is 1. The zero-order chi connectivity index (χ0) is 14.2. The van der Waals surface area contributed by atoms with E-state index in [0.717, 1.165) is 5.75 Å². The van der Waals surface area contributed by atoms with Gasteiger partial charge in [-0.1, -0.05) is 18.2 Å². The fourth-order valence-corrected chi connectivity index (χ4v) is 2.16. The molecule has 6 heteroatoms. The lowest BCUT2D eigenvalue weighted by molar-refractivity contribution is -0.116. The van der Waals surface area contributed by atoms with E-state index >= 15 is 0 Å². The van der Waals surface area contributed by atoms with Gasteiger partial charge < -0.3 is 10.1 Å². The highest BCUT2D eigenvalue weighted by atomic mass is 32.1. The van der Waals surface area contributed by atoms with Gasteiger partial charge in [0.15, 0.2) is 10.8 Å². The summed E-state index contributed by atoms with van der Waals surface area (Å²) in [6.07, 6.45) is 0.978. The highest BCUT2D eigenvalue weighted by Crippen LogP contribution is 2.15. The maximum atomic E-state index is 11.6. The van der Waals surface area contributed by atoms with Crippen LogP contribution in [0, 0.1) is 11.3 Å². The van der Waals surface area contributed by atoms with Gasteiger partial charge in [0, 0.05) is 11.8 Å². The largest absolute Gasteiger partial charge is 0.494 e. The van der Waals surface area contributed by atoms with Crippen LogP contribution in [0.4, 0.5) is 5.13 Å². The second kappa shape index (κ2) is 7.26. The molecule has 0 saturated heterocycles. The molecule has 5 nitrogen and oxygen atoms in total. The van der Waals surface area contributed by atoms with E-state index in [1.54, 1.807) is 5.38 Å². The fourth-order valence-electron chi connectivity index (χ4n) is 1.50. The Morgan fingerprint density at radius 2 is 2.20 bits per heavy atom. The number of aromatic nitrogens is 1. The van der Waals surface area contributed by atoms with Crippen molar-refractivity contribution in [3.63, 3.8) is 0 Å². The van der Waals surface area contributed by atoms with Crippen molar-refractivity contribution in [2.24, 2.45) is 0 Å². The molecule has 1 aromatic carbocycles. The van der Waals surface area contributed by atoms with Gasteiger partial charge in [-0.25, -0.2) is 4.98 Å². The first-order valence-corrected chi connectivity index (χ1v) is 6.99. The van der Waals surface area contributed by atoms with Crippen molar-refractivity contribution in [3.8, 4) is 11.8 Å². The van der Waals surface area contributed by atoms with E-state index in [-0.39, 0.29) is 5.91 Å². The van der Waals surface area contributed by atoms with Crippen LogP contribution in [0.3, 0.4) is 0 Å². The number of ether oxygens (including phenoxy) is 1. The highest BCUT2D eigenvalue weighted by molar-refractivity contribution is 7.14. The number of rotatable bonds is 6. The number of para-hydroxylation sites is 1. The summed E-state index contributed by atoms with van der Waals surface area (Å²) in [6, 6.07) is 11.4. The van der Waals surface area contributed by atoms with Crippen molar-refractivity contribution in [2.45, 2.75) is 12.8 Å². The Balaban J connectivity index is 1.67. The molecular weight excluding hydrogens is 274 g/mol. The number of anilines is 1. The maximum Gasteiger partial charge on any atom is 0.226 e. The minimum absolute atomic E-state index is 0.125. The van der Waals surface area contributed by atoms with Crippen LogP contribution in [0.15, 0.2) is 35.7 Å². The van der Waals surface area contributed by atoms with Crippen LogP contribution in [0.1, 0.15) is 18.5 Å². The van der Waals surface area contributed by atoms with E-state index in [2.05, 4.69) is 10.3 Å². The average molecular weight is 287 g/mol. The van der Waals surface area contributed by atoms with Crippen LogP contribution in [0.25, 0.3) is 0 Å². The molecule has 1 heterocycles. The summed E-state index contributed by atoms with van der Waals surface area (Å²) in [4.78, 5) is 15.6. The molecule has 102 valence electrons. The SMILES string of the molecule is N#Cc1csc(NC(=O)CCCOc2ccccc2)n1. The Morgan fingerprint density at radius 3 is 2.90 bits per heavy atom. The van der Waals surface area contributed by atoms with Gasteiger partial charge in [0.2, 0.25) is 5.91 Å². The third-order valence-electron chi connectivity index (χ3n) is 2.43. The lowest BCUT2D eigenvalue weighted by atomic mass is 10.3. The molecule has 1 aromatic heterocycles. The molecule has 2 aromatic rings.